The summed E-state index contributed by atoms with van der Waals surface area (Å²) in [7, 11) is -4.17. The van der Waals surface area contributed by atoms with E-state index in [2.05, 4.69) is 26.6 Å². The van der Waals surface area contributed by atoms with E-state index in [-0.39, 0.29) is 41.1 Å². The molecule has 0 aromatic heterocycles. The normalized spacial score (nSPS) is 16.8. The lowest BCUT2D eigenvalue weighted by atomic mass is 10.3. The molecule has 1 saturated heterocycles. The van der Waals surface area contributed by atoms with E-state index in [0.29, 0.717) is 5.69 Å². The lowest BCUT2D eigenvalue weighted by molar-refractivity contribution is -0.127. The van der Waals surface area contributed by atoms with Crippen molar-refractivity contribution < 1.29 is 18.0 Å². The number of nitrogens with two attached hydrogens (primary N) is 1. The van der Waals surface area contributed by atoms with Gasteiger partial charge in [-0.05, 0) is 36.4 Å². The van der Waals surface area contributed by atoms with Gasteiger partial charge in [0.1, 0.15) is 0 Å². The van der Waals surface area contributed by atoms with Crippen molar-refractivity contribution >= 4 is 66.8 Å². The minimum atomic E-state index is -4.17. The van der Waals surface area contributed by atoms with Crippen LogP contribution in [0.15, 0.2) is 51.8 Å². The zero-order valence-corrected chi connectivity index (χ0v) is 20.5. The quantitative estimate of drug-likeness (QED) is 0.497. The van der Waals surface area contributed by atoms with Crippen LogP contribution in [0.4, 0.5) is 10.5 Å². The Balaban J connectivity index is 1.92. The monoisotopic (exact) mass is 563 g/mol. The van der Waals surface area contributed by atoms with Gasteiger partial charge in [0, 0.05) is 36.3 Å². The molecule has 4 N–H and O–H groups in total. The van der Waals surface area contributed by atoms with Crippen LogP contribution in [-0.2, 0) is 14.8 Å². The van der Waals surface area contributed by atoms with Crippen LogP contribution in [-0.4, -0.2) is 61.9 Å². The van der Waals surface area contributed by atoms with Crippen LogP contribution >= 0.6 is 39.1 Å². The Morgan fingerprint density at radius 3 is 2.53 bits per heavy atom. The molecule has 2 aromatic carbocycles. The molecule has 1 fully saturated rings. The maximum atomic E-state index is 13.3. The molecule has 1 aliphatic rings. The smallest absolute Gasteiger partial charge is 0.323 e. The van der Waals surface area contributed by atoms with Crippen LogP contribution < -0.4 is 16.4 Å². The summed E-state index contributed by atoms with van der Waals surface area (Å²) >= 11 is 15.2. The van der Waals surface area contributed by atoms with Gasteiger partial charge in [0.05, 0.1) is 14.9 Å². The molecule has 0 saturated carbocycles. The van der Waals surface area contributed by atoms with Crippen molar-refractivity contribution in [1.82, 2.24) is 14.5 Å². The summed E-state index contributed by atoms with van der Waals surface area (Å²) in [6.45, 7) is 0.190. The van der Waals surface area contributed by atoms with Gasteiger partial charge in [-0.25, -0.2) is 13.2 Å². The molecular weight excluding hydrogens is 545 g/mol. The third kappa shape index (κ3) is 5.36. The number of carbonyl (C=O) groups excluding carboxylic acids is 2. The molecule has 13 heteroatoms. The van der Waals surface area contributed by atoms with Crippen LogP contribution in [0, 0.1) is 0 Å². The van der Waals surface area contributed by atoms with Crippen molar-refractivity contribution in [2.45, 2.75) is 11.1 Å². The third-order valence-corrected chi connectivity index (χ3v) is 7.72. The number of nitrogens with zero attached hydrogens (tertiary/aromatic N) is 2. The first-order valence-electron chi connectivity index (χ1n) is 9.43. The number of urea groups is 1. The van der Waals surface area contributed by atoms with Gasteiger partial charge in [0.25, 0.3) is 5.91 Å². The standard InChI is InChI=1S/C19H20BrCl2N5O4S/c20-12-2-1-3-13(10-12)25-19(29)26-8-9-27(18(26)17(28)24-7-6-23)32(30,31)14-4-5-15(21)16(22)11-14/h1-5,10-11,18H,6-9,23H2,(H,24,28)(H,25,29). The third-order valence-electron chi connectivity index (χ3n) is 4.64. The first-order chi connectivity index (χ1) is 15.1. The van der Waals surface area contributed by atoms with Gasteiger partial charge in [-0.15, -0.1) is 0 Å². The van der Waals surface area contributed by atoms with Crippen LogP contribution in [0.3, 0.4) is 0 Å². The summed E-state index contributed by atoms with van der Waals surface area (Å²) in [5, 5.41) is 5.50. The first kappa shape index (κ1) is 24.7. The van der Waals surface area contributed by atoms with Crippen LogP contribution in [0.25, 0.3) is 0 Å². The zero-order chi connectivity index (χ0) is 23.5. The minimum absolute atomic E-state index is 0.00109. The molecule has 0 radical (unpaired) electrons. The number of halogens is 3. The molecule has 0 aliphatic carbocycles. The van der Waals surface area contributed by atoms with Crippen LogP contribution in [0.2, 0.25) is 10.0 Å². The number of carbonyl (C=O) groups is 2. The summed E-state index contributed by atoms with van der Waals surface area (Å²) in [6.07, 6.45) is -1.41. The fourth-order valence-corrected chi connectivity index (χ4v) is 5.50. The Hall–Kier alpha value is -1.89. The average Bonchev–Trinajstić information content (AvgIpc) is 3.20. The summed E-state index contributed by atoms with van der Waals surface area (Å²) in [5.74, 6) is -0.666. The molecule has 0 bridgehead atoms. The molecule has 1 heterocycles. The van der Waals surface area contributed by atoms with E-state index in [1.807, 2.05) is 0 Å². The molecule has 1 atom stereocenters. The summed E-state index contributed by atoms with van der Waals surface area (Å²) in [4.78, 5) is 26.9. The highest BCUT2D eigenvalue weighted by Crippen LogP contribution is 2.30. The second kappa shape index (κ2) is 10.4. The van der Waals surface area contributed by atoms with Gasteiger partial charge in [-0.3, -0.25) is 9.69 Å². The number of nitrogens with one attached hydrogen (secondary N) is 2. The number of sulfonamides is 1. The molecular formula is C19H20BrCl2N5O4S. The summed E-state index contributed by atoms with van der Waals surface area (Å²) in [5.41, 5.74) is 5.94. The zero-order valence-electron chi connectivity index (χ0n) is 16.6. The van der Waals surface area contributed by atoms with Gasteiger partial charge >= 0.3 is 6.03 Å². The second-order valence-electron chi connectivity index (χ2n) is 6.78. The second-order valence-corrected chi connectivity index (χ2v) is 10.4. The van der Waals surface area contributed by atoms with E-state index < -0.39 is 28.1 Å². The molecule has 1 unspecified atom stereocenters. The highest BCUT2D eigenvalue weighted by Gasteiger charge is 2.46. The topological polar surface area (TPSA) is 125 Å². The Morgan fingerprint density at radius 1 is 1.12 bits per heavy atom. The predicted octanol–water partition coefficient (Wildman–Crippen LogP) is 2.70. The van der Waals surface area contributed by atoms with Crippen LogP contribution in [0.1, 0.15) is 0 Å². The van der Waals surface area contributed by atoms with Crippen LogP contribution in [0.5, 0.6) is 0 Å². The number of amides is 3. The number of hydrogen-bond acceptors (Lipinski definition) is 5. The van der Waals surface area contributed by atoms with Gasteiger partial charge < -0.3 is 16.4 Å². The average molecular weight is 565 g/mol. The SMILES string of the molecule is NCCNC(=O)C1N(C(=O)Nc2cccc(Br)c2)CCN1S(=O)(=O)c1ccc(Cl)c(Cl)c1. The van der Waals surface area contributed by atoms with E-state index in [9.17, 15) is 18.0 Å². The molecule has 2 aromatic rings. The van der Waals surface area contributed by atoms with E-state index in [4.69, 9.17) is 28.9 Å². The van der Waals surface area contributed by atoms with E-state index in [1.54, 1.807) is 24.3 Å². The van der Waals surface area contributed by atoms with Crippen molar-refractivity contribution in [3.05, 3.63) is 57.0 Å². The largest absolute Gasteiger partial charge is 0.352 e. The summed E-state index contributed by atoms with van der Waals surface area (Å²) in [6, 6.07) is 10.1. The van der Waals surface area contributed by atoms with E-state index >= 15 is 0 Å². The Bertz CT molecular complexity index is 1130. The highest BCUT2D eigenvalue weighted by molar-refractivity contribution is 9.10. The maximum absolute atomic E-state index is 13.3. The number of rotatable bonds is 6. The van der Waals surface area contributed by atoms with Crippen molar-refractivity contribution in [2.24, 2.45) is 5.73 Å². The molecule has 9 nitrogen and oxygen atoms in total. The van der Waals surface area contributed by atoms with Gasteiger partial charge in [0.2, 0.25) is 10.0 Å². The van der Waals surface area contributed by atoms with Crippen molar-refractivity contribution in [1.29, 1.82) is 0 Å². The van der Waals surface area contributed by atoms with Gasteiger partial charge in [0.15, 0.2) is 6.17 Å². The van der Waals surface area contributed by atoms with E-state index in [1.165, 1.54) is 18.2 Å². The Morgan fingerprint density at radius 2 is 1.88 bits per heavy atom. The summed E-state index contributed by atoms with van der Waals surface area (Å²) < 4.78 is 28.3. The molecule has 32 heavy (non-hydrogen) atoms. The Kier molecular flexibility index (Phi) is 8.01. The van der Waals surface area contributed by atoms with Crippen molar-refractivity contribution in [2.75, 3.05) is 31.5 Å². The number of benzene rings is 2. The van der Waals surface area contributed by atoms with Gasteiger partial charge in [-0.1, -0.05) is 45.2 Å². The van der Waals surface area contributed by atoms with E-state index in [0.717, 1.165) is 13.7 Å². The minimum Gasteiger partial charge on any atom is -0.352 e. The lowest BCUT2D eigenvalue weighted by Crippen LogP contribution is -2.55. The predicted molar refractivity (Wildman–Crippen MR) is 126 cm³/mol. The maximum Gasteiger partial charge on any atom is 0.323 e. The lowest BCUT2D eigenvalue weighted by Gasteiger charge is -2.28. The van der Waals surface area contributed by atoms with Crippen molar-refractivity contribution in [3.8, 4) is 0 Å². The Labute approximate surface area is 204 Å². The molecule has 3 rings (SSSR count). The molecule has 3 amide bonds. The fraction of sp³-hybridized carbons (Fsp3) is 0.263. The van der Waals surface area contributed by atoms with Gasteiger partial charge in [-0.2, -0.15) is 4.31 Å². The first-order valence-corrected chi connectivity index (χ1v) is 12.4. The fourth-order valence-electron chi connectivity index (χ4n) is 3.16. The number of hydrogen-bond donors (Lipinski definition) is 3. The molecule has 0 spiro atoms. The highest BCUT2D eigenvalue weighted by atomic mass is 79.9. The molecule has 172 valence electrons. The number of anilines is 1. The molecule has 1 aliphatic heterocycles. The van der Waals surface area contributed by atoms with Crippen molar-refractivity contribution in [3.63, 3.8) is 0 Å².